The summed E-state index contributed by atoms with van der Waals surface area (Å²) in [6.07, 6.45) is 0. The van der Waals surface area contributed by atoms with Crippen LogP contribution >= 0.6 is 0 Å². The van der Waals surface area contributed by atoms with E-state index in [0.717, 1.165) is 11.1 Å². The molecule has 90 valence electrons. The summed E-state index contributed by atoms with van der Waals surface area (Å²) in [5.74, 6) is 0.305. The second-order valence-electron chi connectivity index (χ2n) is 4.44. The second-order valence-corrected chi connectivity index (χ2v) is 6.18. The monoisotopic (exact) mass is 241 g/mol. The average Bonchev–Trinajstić information content (AvgIpc) is 2.19. The third-order valence-electron chi connectivity index (χ3n) is 2.53. The first-order valence-corrected chi connectivity index (χ1v) is 6.89. The molecular formula is C12H19NO2S. The third kappa shape index (κ3) is 3.06. The van der Waals surface area contributed by atoms with E-state index in [-0.39, 0.29) is 0 Å². The lowest BCUT2D eigenvalue weighted by Gasteiger charge is -2.12. The highest BCUT2D eigenvalue weighted by molar-refractivity contribution is 7.89. The molecule has 1 aromatic rings. The minimum atomic E-state index is -3.36. The summed E-state index contributed by atoms with van der Waals surface area (Å²) in [4.78, 5) is 0.383. The van der Waals surface area contributed by atoms with E-state index < -0.39 is 10.0 Å². The molecule has 4 heteroatoms. The van der Waals surface area contributed by atoms with Gasteiger partial charge >= 0.3 is 0 Å². The van der Waals surface area contributed by atoms with Crippen molar-refractivity contribution in [1.82, 2.24) is 4.72 Å². The number of aryl methyl sites for hydroxylation is 1. The summed E-state index contributed by atoms with van der Waals surface area (Å²) < 4.78 is 26.6. The number of sulfonamides is 1. The molecule has 0 aromatic heterocycles. The van der Waals surface area contributed by atoms with Crippen molar-refractivity contribution in [1.29, 1.82) is 0 Å². The summed E-state index contributed by atoms with van der Waals surface area (Å²) in [5.41, 5.74) is 1.81. The van der Waals surface area contributed by atoms with Crippen LogP contribution in [-0.2, 0) is 10.0 Å². The lowest BCUT2D eigenvalue weighted by atomic mass is 10.1. The maximum atomic E-state index is 12.0. The zero-order chi connectivity index (χ0) is 12.3. The Hall–Kier alpha value is -0.870. The Morgan fingerprint density at radius 2 is 1.88 bits per heavy atom. The Balaban J connectivity index is 3.03. The van der Waals surface area contributed by atoms with Crippen LogP contribution in [0.3, 0.4) is 0 Å². The van der Waals surface area contributed by atoms with Gasteiger partial charge in [-0.2, -0.15) is 0 Å². The molecule has 0 radical (unpaired) electrons. The Bertz CT molecular complexity index is 464. The Morgan fingerprint density at radius 1 is 1.25 bits per heavy atom. The van der Waals surface area contributed by atoms with E-state index in [4.69, 9.17) is 0 Å². The zero-order valence-corrected chi connectivity index (χ0v) is 11.1. The number of hydrogen-bond acceptors (Lipinski definition) is 2. The summed E-state index contributed by atoms with van der Waals surface area (Å²) in [6, 6.07) is 5.33. The highest BCUT2D eigenvalue weighted by atomic mass is 32.2. The quantitative estimate of drug-likeness (QED) is 0.878. The van der Waals surface area contributed by atoms with E-state index in [1.54, 1.807) is 12.1 Å². The van der Waals surface area contributed by atoms with Crippen LogP contribution in [-0.4, -0.2) is 15.0 Å². The van der Waals surface area contributed by atoms with Gasteiger partial charge < -0.3 is 0 Å². The van der Waals surface area contributed by atoms with E-state index in [1.165, 1.54) is 0 Å². The topological polar surface area (TPSA) is 46.2 Å². The third-order valence-corrected chi connectivity index (χ3v) is 4.09. The van der Waals surface area contributed by atoms with Crippen molar-refractivity contribution >= 4 is 10.0 Å². The smallest absolute Gasteiger partial charge is 0.211 e. The van der Waals surface area contributed by atoms with Crippen LogP contribution < -0.4 is 4.72 Å². The average molecular weight is 241 g/mol. The van der Waals surface area contributed by atoms with Gasteiger partial charge in [0.15, 0.2) is 0 Å². The first-order chi connectivity index (χ1) is 7.34. The van der Waals surface area contributed by atoms with Crippen LogP contribution in [0, 0.1) is 19.8 Å². The van der Waals surface area contributed by atoms with Gasteiger partial charge in [-0.25, -0.2) is 13.1 Å². The number of nitrogens with one attached hydrogen (secondary N) is 1. The number of benzene rings is 1. The standard InChI is InChI=1S/C12H19NO2S/c1-9(2)8-13-16(14,15)12-7-5-6-10(3)11(12)4/h5-7,9,13H,8H2,1-4H3. The number of rotatable bonds is 4. The molecule has 0 spiro atoms. The predicted molar refractivity (Wildman–Crippen MR) is 65.9 cm³/mol. The van der Waals surface area contributed by atoms with Gasteiger partial charge in [-0.1, -0.05) is 26.0 Å². The summed E-state index contributed by atoms with van der Waals surface area (Å²) in [5, 5.41) is 0. The molecule has 0 unspecified atom stereocenters. The predicted octanol–water partition coefficient (Wildman–Crippen LogP) is 2.24. The van der Waals surface area contributed by atoms with Gasteiger partial charge in [0.05, 0.1) is 4.90 Å². The van der Waals surface area contributed by atoms with Crippen LogP contribution in [0.5, 0.6) is 0 Å². The minimum absolute atomic E-state index is 0.305. The Kier molecular flexibility index (Phi) is 4.10. The van der Waals surface area contributed by atoms with Gasteiger partial charge in [-0.05, 0) is 37.0 Å². The molecule has 1 N–H and O–H groups in total. The van der Waals surface area contributed by atoms with E-state index in [1.807, 2.05) is 33.8 Å². The van der Waals surface area contributed by atoms with E-state index in [9.17, 15) is 8.42 Å². The Morgan fingerprint density at radius 3 is 2.44 bits per heavy atom. The summed E-state index contributed by atoms with van der Waals surface area (Å²) in [6.45, 7) is 8.17. The highest BCUT2D eigenvalue weighted by Gasteiger charge is 2.17. The molecule has 0 heterocycles. The molecule has 0 aliphatic carbocycles. The lowest BCUT2D eigenvalue weighted by Crippen LogP contribution is -2.28. The SMILES string of the molecule is Cc1cccc(S(=O)(=O)NCC(C)C)c1C. The van der Waals surface area contributed by atoms with Crippen LogP contribution in [0.15, 0.2) is 23.1 Å². The van der Waals surface area contributed by atoms with Crippen LogP contribution in [0.25, 0.3) is 0 Å². The van der Waals surface area contributed by atoms with Gasteiger partial charge in [0.1, 0.15) is 0 Å². The summed E-state index contributed by atoms with van der Waals surface area (Å²) >= 11 is 0. The fourth-order valence-electron chi connectivity index (χ4n) is 1.37. The summed E-state index contributed by atoms with van der Waals surface area (Å²) in [7, 11) is -3.36. The molecule has 1 aromatic carbocycles. The van der Waals surface area contributed by atoms with E-state index in [2.05, 4.69) is 4.72 Å². The first-order valence-electron chi connectivity index (χ1n) is 5.40. The van der Waals surface area contributed by atoms with Crippen molar-refractivity contribution < 1.29 is 8.42 Å². The van der Waals surface area contributed by atoms with Crippen LogP contribution in [0.2, 0.25) is 0 Å². The molecule has 0 saturated carbocycles. The number of hydrogen-bond donors (Lipinski definition) is 1. The molecule has 1 rings (SSSR count). The minimum Gasteiger partial charge on any atom is -0.211 e. The van der Waals surface area contributed by atoms with Crippen LogP contribution in [0.1, 0.15) is 25.0 Å². The fraction of sp³-hybridized carbons (Fsp3) is 0.500. The fourth-order valence-corrected chi connectivity index (χ4v) is 2.90. The van der Waals surface area contributed by atoms with Crippen molar-refractivity contribution in [2.75, 3.05) is 6.54 Å². The normalized spacial score (nSPS) is 12.1. The lowest BCUT2D eigenvalue weighted by molar-refractivity contribution is 0.559. The van der Waals surface area contributed by atoms with Crippen molar-refractivity contribution in [3.05, 3.63) is 29.3 Å². The van der Waals surface area contributed by atoms with Crippen molar-refractivity contribution in [3.63, 3.8) is 0 Å². The zero-order valence-electron chi connectivity index (χ0n) is 10.2. The first kappa shape index (κ1) is 13.2. The van der Waals surface area contributed by atoms with Crippen molar-refractivity contribution in [2.24, 2.45) is 5.92 Å². The van der Waals surface area contributed by atoms with Crippen LogP contribution in [0.4, 0.5) is 0 Å². The molecule has 0 bridgehead atoms. The van der Waals surface area contributed by atoms with Gasteiger partial charge in [-0.3, -0.25) is 0 Å². The Labute approximate surface area is 97.9 Å². The van der Waals surface area contributed by atoms with Gasteiger partial charge in [0.2, 0.25) is 10.0 Å². The van der Waals surface area contributed by atoms with E-state index >= 15 is 0 Å². The largest absolute Gasteiger partial charge is 0.240 e. The van der Waals surface area contributed by atoms with Gasteiger partial charge in [0.25, 0.3) is 0 Å². The molecule has 0 fully saturated rings. The van der Waals surface area contributed by atoms with Crippen molar-refractivity contribution in [3.8, 4) is 0 Å². The molecular weight excluding hydrogens is 222 g/mol. The highest BCUT2D eigenvalue weighted by Crippen LogP contribution is 2.17. The van der Waals surface area contributed by atoms with Crippen molar-refractivity contribution in [2.45, 2.75) is 32.6 Å². The molecule has 0 saturated heterocycles. The molecule has 0 amide bonds. The molecule has 0 aliphatic heterocycles. The maximum absolute atomic E-state index is 12.0. The molecule has 3 nitrogen and oxygen atoms in total. The maximum Gasteiger partial charge on any atom is 0.240 e. The van der Waals surface area contributed by atoms with E-state index in [0.29, 0.717) is 17.4 Å². The van der Waals surface area contributed by atoms with Gasteiger partial charge in [-0.15, -0.1) is 0 Å². The molecule has 0 aliphatic rings. The van der Waals surface area contributed by atoms with Gasteiger partial charge in [0, 0.05) is 6.54 Å². The molecule has 0 atom stereocenters. The second kappa shape index (κ2) is 4.97. The molecule has 16 heavy (non-hydrogen) atoms.